The van der Waals surface area contributed by atoms with Crippen LogP contribution in [0.3, 0.4) is 0 Å². The first-order chi connectivity index (χ1) is 16.3. The van der Waals surface area contributed by atoms with Crippen LogP contribution in [0.2, 0.25) is 0 Å². The quantitative estimate of drug-likeness (QED) is 0.449. The van der Waals surface area contributed by atoms with Crippen LogP contribution in [-0.4, -0.2) is 50.1 Å². The Balaban J connectivity index is 1.35. The summed E-state index contributed by atoms with van der Waals surface area (Å²) in [4.78, 5) is 18.7. The van der Waals surface area contributed by atoms with Gasteiger partial charge in [-0.15, -0.1) is 23.1 Å². The van der Waals surface area contributed by atoms with Gasteiger partial charge in [-0.2, -0.15) is 4.31 Å². The number of aryl methyl sites for hydroxylation is 1. The predicted octanol–water partition coefficient (Wildman–Crippen LogP) is 4.89. The number of methoxy groups -OCH3 is 1. The van der Waals surface area contributed by atoms with Gasteiger partial charge < -0.3 is 10.1 Å². The number of thioether (sulfide) groups is 1. The molecule has 0 radical (unpaired) electrons. The first-order valence-electron chi connectivity index (χ1n) is 10.9. The average Bonchev–Trinajstić information content (AvgIpc) is 3.32. The first kappa shape index (κ1) is 24.7. The van der Waals surface area contributed by atoms with Gasteiger partial charge in [0.25, 0.3) is 0 Å². The molecule has 1 aromatic heterocycles. The van der Waals surface area contributed by atoms with Crippen molar-refractivity contribution in [1.82, 2.24) is 9.29 Å². The van der Waals surface area contributed by atoms with Crippen LogP contribution in [0.1, 0.15) is 18.4 Å². The third-order valence-corrected chi connectivity index (χ3v) is 9.36. The largest absolute Gasteiger partial charge is 0.496 e. The zero-order valence-corrected chi connectivity index (χ0v) is 21.7. The van der Waals surface area contributed by atoms with Crippen molar-refractivity contribution in [3.63, 3.8) is 0 Å². The molecule has 0 aliphatic carbocycles. The Morgan fingerprint density at radius 1 is 1.18 bits per heavy atom. The molecule has 34 heavy (non-hydrogen) atoms. The molecule has 0 bridgehead atoms. The van der Waals surface area contributed by atoms with Gasteiger partial charge in [0.15, 0.2) is 5.13 Å². The van der Waals surface area contributed by atoms with Crippen LogP contribution in [0.4, 0.5) is 5.13 Å². The Kier molecular flexibility index (Phi) is 7.61. The monoisotopic (exact) mass is 517 g/mol. The number of rotatable bonds is 7. The van der Waals surface area contributed by atoms with Gasteiger partial charge in [0, 0.05) is 34.8 Å². The SMILES string of the molecule is COc1ccc(-c2csc(NC(=O)C3CCN(S(=O)(=O)c4ccc(SC)cc4)CC3)n2)cc1C. The van der Waals surface area contributed by atoms with E-state index in [-0.39, 0.29) is 16.7 Å². The fraction of sp³-hybridized carbons (Fsp3) is 0.333. The number of nitrogens with one attached hydrogen (secondary N) is 1. The van der Waals surface area contributed by atoms with E-state index < -0.39 is 10.0 Å². The molecule has 0 saturated carbocycles. The van der Waals surface area contributed by atoms with Crippen molar-refractivity contribution in [3.05, 3.63) is 53.4 Å². The smallest absolute Gasteiger partial charge is 0.243 e. The highest BCUT2D eigenvalue weighted by atomic mass is 32.2. The molecule has 4 rings (SSSR count). The summed E-state index contributed by atoms with van der Waals surface area (Å²) < 4.78 is 32.7. The van der Waals surface area contributed by atoms with Crippen molar-refractivity contribution >= 4 is 44.2 Å². The molecule has 7 nitrogen and oxygen atoms in total. The van der Waals surface area contributed by atoms with Gasteiger partial charge in [-0.1, -0.05) is 0 Å². The average molecular weight is 518 g/mol. The van der Waals surface area contributed by atoms with E-state index >= 15 is 0 Å². The zero-order chi connectivity index (χ0) is 24.3. The maximum atomic E-state index is 13.0. The van der Waals surface area contributed by atoms with Crippen LogP contribution in [0.5, 0.6) is 5.75 Å². The minimum absolute atomic E-state index is 0.117. The zero-order valence-electron chi connectivity index (χ0n) is 19.3. The van der Waals surface area contributed by atoms with E-state index in [4.69, 9.17) is 4.74 Å². The maximum absolute atomic E-state index is 13.0. The molecular weight excluding hydrogens is 490 g/mol. The van der Waals surface area contributed by atoms with Crippen molar-refractivity contribution < 1.29 is 17.9 Å². The van der Waals surface area contributed by atoms with Crippen LogP contribution >= 0.6 is 23.1 Å². The second kappa shape index (κ2) is 10.5. The van der Waals surface area contributed by atoms with E-state index in [1.54, 1.807) is 31.0 Å². The molecule has 1 fully saturated rings. The number of hydrogen-bond acceptors (Lipinski definition) is 7. The second-order valence-corrected chi connectivity index (χ2v) is 11.7. The number of anilines is 1. The number of thiazole rings is 1. The van der Waals surface area contributed by atoms with E-state index in [1.807, 2.05) is 48.9 Å². The number of sulfonamides is 1. The van der Waals surface area contributed by atoms with Gasteiger partial charge in [0.2, 0.25) is 15.9 Å². The van der Waals surface area contributed by atoms with Gasteiger partial charge in [0.1, 0.15) is 5.75 Å². The molecule has 180 valence electrons. The number of aromatic nitrogens is 1. The van der Waals surface area contributed by atoms with Crippen LogP contribution in [0.25, 0.3) is 11.3 Å². The summed E-state index contributed by atoms with van der Waals surface area (Å²) in [6, 6.07) is 12.8. The van der Waals surface area contributed by atoms with Gasteiger partial charge in [-0.3, -0.25) is 4.79 Å². The number of amides is 1. The molecule has 1 amide bonds. The van der Waals surface area contributed by atoms with Crippen molar-refractivity contribution in [2.75, 3.05) is 31.8 Å². The maximum Gasteiger partial charge on any atom is 0.243 e. The molecule has 2 aromatic carbocycles. The summed E-state index contributed by atoms with van der Waals surface area (Å²) in [6.45, 7) is 2.61. The molecule has 2 heterocycles. The Labute approximate surface area is 208 Å². The molecule has 1 saturated heterocycles. The lowest BCUT2D eigenvalue weighted by molar-refractivity contribution is -0.120. The topological polar surface area (TPSA) is 88.6 Å². The summed E-state index contributed by atoms with van der Waals surface area (Å²) in [5.41, 5.74) is 2.76. The minimum atomic E-state index is -3.56. The van der Waals surface area contributed by atoms with Gasteiger partial charge in [0.05, 0.1) is 17.7 Å². The fourth-order valence-corrected chi connectivity index (χ4v) is 6.56. The lowest BCUT2D eigenvalue weighted by Gasteiger charge is -2.30. The fourth-order valence-electron chi connectivity index (χ4n) is 3.96. The molecule has 1 N–H and O–H groups in total. The number of nitrogens with zero attached hydrogens (tertiary/aromatic N) is 2. The highest BCUT2D eigenvalue weighted by molar-refractivity contribution is 7.98. The summed E-state index contributed by atoms with van der Waals surface area (Å²) in [7, 11) is -1.92. The molecule has 0 unspecified atom stereocenters. The highest BCUT2D eigenvalue weighted by Gasteiger charge is 2.32. The van der Waals surface area contributed by atoms with Gasteiger partial charge in [-0.05, 0) is 74.0 Å². The lowest BCUT2D eigenvalue weighted by atomic mass is 9.97. The van der Waals surface area contributed by atoms with Crippen molar-refractivity contribution in [3.8, 4) is 17.0 Å². The molecule has 0 spiro atoms. The van der Waals surface area contributed by atoms with E-state index in [1.165, 1.54) is 15.6 Å². The number of carbonyl (C=O) groups excluding carboxylic acids is 1. The Hall–Kier alpha value is -2.40. The van der Waals surface area contributed by atoms with E-state index in [2.05, 4.69) is 10.3 Å². The Bertz CT molecular complexity index is 1260. The lowest BCUT2D eigenvalue weighted by Crippen LogP contribution is -2.41. The summed E-state index contributed by atoms with van der Waals surface area (Å²) in [5, 5.41) is 5.36. The number of ether oxygens (including phenoxy) is 1. The van der Waals surface area contributed by atoms with Crippen LogP contribution in [-0.2, 0) is 14.8 Å². The molecule has 3 aromatic rings. The third-order valence-electron chi connectivity index (χ3n) is 5.95. The molecule has 1 aliphatic rings. The van der Waals surface area contributed by atoms with Crippen LogP contribution in [0, 0.1) is 12.8 Å². The second-order valence-electron chi connectivity index (χ2n) is 8.07. The summed E-state index contributed by atoms with van der Waals surface area (Å²) >= 11 is 2.94. The molecular formula is C24H27N3O4S3. The summed E-state index contributed by atoms with van der Waals surface area (Å²) in [6.07, 6.45) is 2.90. The highest BCUT2D eigenvalue weighted by Crippen LogP contribution is 2.30. The van der Waals surface area contributed by atoms with Gasteiger partial charge >= 0.3 is 0 Å². The Morgan fingerprint density at radius 2 is 1.88 bits per heavy atom. The normalized spacial score (nSPS) is 15.3. The predicted molar refractivity (Wildman–Crippen MR) is 137 cm³/mol. The van der Waals surface area contributed by atoms with E-state index in [9.17, 15) is 13.2 Å². The third kappa shape index (κ3) is 5.30. The number of carbonyl (C=O) groups is 1. The van der Waals surface area contributed by atoms with Crippen LogP contribution < -0.4 is 10.1 Å². The molecule has 10 heteroatoms. The van der Waals surface area contributed by atoms with Crippen molar-refractivity contribution in [2.45, 2.75) is 29.6 Å². The number of hydrogen-bond donors (Lipinski definition) is 1. The van der Waals surface area contributed by atoms with E-state index in [0.717, 1.165) is 27.5 Å². The van der Waals surface area contributed by atoms with Crippen molar-refractivity contribution in [2.24, 2.45) is 5.92 Å². The number of benzene rings is 2. The standard InChI is InChI=1S/C24H27N3O4S3/c1-16-14-18(4-9-22(16)31-2)21-15-33-24(25-21)26-23(28)17-10-12-27(13-11-17)34(29,30)20-7-5-19(32-3)6-8-20/h4-9,14-15,17H,10-13H2,1-3H3,(H,25,26,28). The number of piperidine rings is 1. The van der Waals surface area contributed by atoms with Gasteiger partial charge in [-0.25, -0.2) is 13.4 Å². The molecule has 0 atom stereocenters. The summed E-state index contributed by atoms with van der Waals surface area (Å²) in [5.74, 6) is 0.451. The van der Waals surface area contributed by atoms with Crippen molar-refractivity contribution in [1.29, 1.82) is 0 Å². The molecule has 1 aliphatic heterocycles. The van der Waals surface area contributed by atoms with E-state index in [0.29, 0.717) is 31.1 Å². The first-order valence-corrected chi connectivity index (χ1v) is 14.4. The Morgan fingerprint density at radius 3 is 2.50 bits per heavy atom. The minimum Gasteiger partial charge on any atom is -0.496 e. The van der Waals surface area contributed by atoms with Crippen LogP contribution in [0.15, 0.2) is 57.6 Å².